The fourth-order valence-electron chi connectivity index (χ4n) is 2.33. The van der Waals surface area contributed by atoms with Crippen molar-refractivity contribution in [1.82, 2.24) is 5.32 Å². The number of carboxylic acid groups (broad SMARTS) is 1. The van der Waals surface area contributed by atoms with Crippen LogP contribution >= 0.6 is 0 Å². The van der Waals surface area contributed by atoms with Crippen molar-refractivity contribution in [2.45, 2.75) is 57.9 Å². The van der Waals surface area contributed by atoms with E-state index in [1.165, 1.54) is 0 Å². The Balaban J connectivity index is 2.66. The number of carbonyl (C=O) groups excluding carboxylic acids is 1. The minimum absolute atomic E-state index is 0.411. The van der Waals surface area contributed by atoms with Gasteiger partial charge in [-0.3, -0.25) is 4.79 Å². The largest absolute Gasteiger partial charge is 0.480 e. The van der Waals surface area contributed by atoms with Crippen LogP contribution in [0.25, 0.3) is 0 Å². The van der Waals surface area contributed by atoms with E-state index in [0.717, 1.165) is 25.7 Å². The van der Waals surface area contributed by atoms with Crippen molar-refractivity contribution in [3.63, 3.8) is 0 Å². The van der Waals surface area contributed by atoms with Crippen LogP contribution in [-0.2, 0) is 9.59 Å². The number of aliphatic carboxylic acids is 1. The quantitative estimate of drug-likeness (QED) is 0.754. The van der Waals surface area contributed by atoms with E-state index in [9.17, 15) is 9.59 Å². The van der Waals surface area contributed by atoms with Crippen molar-refractivity contribution in [3.8, 4) is 6.07 Å². The molecule has 0 radical (unpaired) electrons. The van der Waals surface area contributed by atoms with Crippen molar-refractivity contribution < 1.29 is 14.7 Å². The number of nitriles is 1. The molecule has 1 amide bonds. The summed E-state index contributed by atoms with van der Waals surface area (Å²) in [5.74, 6) is -1.44. The van der Waals surface area contributed by atoms with Crippen molar-refractivity contribution in [3.05, 3.63) is 0 Å². The Kier molecular flexibility index (Phi) is 5.14. The molecule has 0 aromatic heterocycles. The van der Waals surface area contributed by atoms with Gasteiger partial charge in [0, 0.05) is 0 Å². The zero-order valence-electron chi connectivity index (χ0n) is 10.7. The highest BCUT2D eigenvalue weighted by Crippen LogP contribution is 2.37. The molecule has 1 atom stereocenters. The molecule has 0 heterocycles. The first kappa shape index (κ1) is 14.5. The van der Waals surface area contributed by atoms with Crippen LogP contribution in [0.2, 0.25) is 0 Å². The zero-order chi connectivity index (χ0) is 13.6. The summed E-state index contributed by atoms with van der Waals surface area (Å²) in [6.07, 6.45) is 4.82. The average molecular weight is 252 g/mol. The molecular formula is C13H20N2O3. The van der Waals surface area contributed by atoms with Gasteiger partial charge in [-0.05, 0) is 19.3 Å². The van der Waals surface area contributed by atoms with E-state index in [0.29, 0.717) is 19.3 Å². The Labute approximate surface area is 107 Å². The van der Waals surface area contributed by atoms with Crippen LogP contribution in [0.3, 0.4) is 0 Å². The molecule has 1 rings (SSSR count). The third-order valence-electron chi connectivity index (χ3n) is 3.56. The highest BCUT2D eigenvalue weighted by Gasteiger charge is 2.42. The first-order valence-corrected chi connectivity index (χ1v) is 6.51. The molecule has 0 aromatic carbocycles. The van der Waals surface area contributed by atoms with Crippen LogP contribution < -0.4 is 5.32 Å². The lowest BCUT2D eigenvalue weighted by Crippen LogP contribution is -2.47. The molecule has 2 N–H and O–H groups in total. The lowest BCUT2D eigenvalue weighted by atomic mass is 9.86. The van der Waals surface area contributed by atoms with Crippen LogP contribution in [0.5, 0.6) is 0 Å². The van der Waals surface area contributed by atoms with Crippen LogP contribution in [0.4, 0.5) is 0 Å². The number of unbranched alkanes of at least 4 members (excludes halogenated alkanes) is 1. The highest BCUT2D eigenvalue weighted by molar-refractivity contribution is 5.89. The molecule has 0 saturated heterocycles. The van der Waals surface area contributed by atoms with Crippen molar-refractivity contribution in [2.75, 3.05) is 0 Å². The van der Waals surface area contributed by atoms with Crippen molar-refractivity contribution >= 4 is 11.9 Å². The van der Waals surface area contributed by atoms with Crippen LogP contribution in [0.1, 0.15) is 51.9 Å². The smallest absolute Gasteiger partial charge is 0.326 e. The second-order valence-corrected chi connectivity index (χ2v) is 4.91. The summed E-state index contributed by atoms with van der Waals surface area (Å²) in [4.78, 5) is 23.1. The fourth-order valence-corrected chi connectivity index (χ4v) is 2.33. The summed E-state index contributed by atoms with van der Waals surface area (Å²) in [7, 11) is 0. The zero-order valence-corrected chi connectivity index (χ0v) is 10.7. The molecule has 0 spiro atoms. The van der Waals surface area contributed by atoms with E-state index in [1.807, 2.05) is 6.92 Å². The number of carboxylic acids is 1. The minimum atomic E-state index is -1.03. The maximum absolute atomic E-state index is 12.1. The summed E-state index contributed by atoms with van der Waals surface area (Å²) in [6, 6.07) is 1.20. The third kappa shape index (κ3) is 3.22. The van der Waals surface area contributed by atoms with Gasteiger partial charge in [-0.25, -0.2) is 4.79 Å². The SMILES string of the molecule is CCCCC(NC(=O)C1(C#N)CCCC1)C(=O)O. The summed E-state index contributed by atoms with van der Waals surface area (Å²) in [5, 5.41) is 20.7. The van der Waals surface area contributed by atoms with Crippen molar-refractivity contribution in [2.24, 2.45) is 5.41 Å². The van der Waals surface area contributed by atoms with E-state index in [1.54, 1.807) is 0 Å². The standard InChI is InChI=1S/C13H20N2O3/c1-2-3-6-10(11(16)17)15-12(18)13(9-14)7-4-5-8-13/h10H,2-8H2,1H3,(H,15,18)(H,16,17). The molecule has 5 nitrogen and oxygen atoms in total. The maximum Gasteiger partial charge on any atom is 0.326 e. The van der Waals surface area contributed by atoms with Gasteiger partial charge in [-0.2, -0.15) is 5.26 Å². The minimum Gasteiger partial charge on any atom is -0.480 e. The van der Waals surface area contributed by atoms with Gasteiger partial charge >= 0.3 is 5.97 Å². The molecule has 1 fully saturated rings. The van der Waals surface area contributed by atoms with Gasteiger partial charge in [0.2, 0.25) is 5.91 Å². The normalized spacial score (nSPS) is 18.9. The van der Waals surface area contributed by atoms with Gasteiger partial charge in [0.05, 0.1) is 6.07 Å². The van der Waals surface area contributed by atoms with Gasteiger partial charge in [-0.1, -0.05) is 32.6 Å². The molecule has 0 aliphatic heterocycles. The molecule has 100 valence electrons. The average Bonchev–Trinajstić information content (AvgIpc) is 2.83. The van der Waals surface area contributed by atoms with E-state index >= 15 is 0 Å². The Morgan fingerprint density at radius 1 is 1.44 bits per heavy atom. The lowest BCUT2D eigenvalue weighted by molar-refractivity contribution is -0.143. The number of hydrogen-bond donors (Lipinski definition) is 2. The van der Waals surface area contributed by atoms with Crippen LogP contribution in [-0.4, -0.2) is 23.0 Å². The first-order valence-electron chi connectivity index (χ1n) is 6.51. The molecule has 0 bridgehead atoms. The molecule has 0 aromatic rings. The van der Waals surface area contributed by atoms with Gasteiger partial charge in [-0.15, -0.1) is 0 Å². The van der Waals surface area contributed by atoms with Gasteiger partial charge in [0.1, 0.15) is 11.5 Å². The molecule has 1 unspecified atom stereocenters. The summed E-state index contributed by atoms with van der Waals surface area (Å²) in [5.41, 5.74) is -1.00. The topological polar surface area (TPSA) is 90.2 Å². The van der Waals surface area contributed by atoms with Crippen LogP contribution in [0.15, 0.2) is 0 Å². The fraction of sp³-hybridized carbons (Fsp3) is 0.769. The van der Waals surface area contributed by atoms with E-state index in [-0.39, 0.29) is 0 Å². The Hall–Kier alpha value is -1.57. The van der Waals surface area contributed by atoms with E-state index < -0.39 is 23.3 Å². The van der Waals surface area contributed by atoms with Gasteiger partial charge in [0.25, 0.3) is 0 Å². The van der Waals surface area contributed by atoms with Crippen LogP contribution in [0, 0.1) is 16.7 Å². The van der Waals surface area contributed by atoms with Gasteiger partial charge in [0.15, 0.2) is 0 Å². The maximum atomic E-state index is 12.1. The Morgan fingerprint density at radius 2 is 2.06 bits per heavy atom. The first-order chi connectivity index (χ1) is 8.55. The third-order valence-corrected chi connectivity index (χ3v) is 3.56. The second kappa shape index (κ2) is 6.39. The number of nitrogens with zero attached hydrogens (tertiary/aromatic N) is 1. The predicted molar refractivity (Wildman–Crippen MR) is 65.6 cm³/mol. The van der Waals surface area contributed by atoms with E-state index in [4.69, 9.17) is 10.4 Å². The second-order valence-electron chi connectivity index (χ2n) is 4.91. The number of carbonyl (C=O) groups is 2. The van der Waals surface area contributed by atoms with Crippen molar-refractivity contribution in [1.29, 1.82) is 5.26 Å². The number of rotatable bonds is 6. The summed E-state index contributed by atoms with van der Waals surface area (Å²) >= 11 is 0. The number of hydrogen-bond acceptors (Lipinski definition) is 3. The summed E-state index contributed by atoms with van der Waals surface area (Å²) in [6.45, 7) is 1.97. The Morgan fingerprint density at radius 3 is 2.50 bits per heavy atom. The number of amides is 1. The Bertz CT molecular complexity index is 354. The predicted octanol–water partition coefficient (Wildman–Crippen LogP) is 1.83. The van der Waals surface area contributed by atoms with E-state index in [2.05, 4.69) is 11.4 Å². The monoisotopic (exact) mass is 252 g/mol. The molecular weight excluding hydrogens is 232 g/mol. The number of nitrogens with one attached hydrogen (secondary N) is 1. The molecule has 1 aliphatic rings. The molecule has 5 heteroatoms. The lowest BCUT2D eigenvalue weighted by Gasteiger charge is -2.22. The molecule has 1 saturated carbocycles. The molecule has 1 aliphatic carbocycles. The summed E-state index contributed by atoms with van der Waals surface area (Å²) < 4.78 is 0. The van der Waals surface area contributed by atoms with Gasteiger partial charge < -0.3 is 10.4 Å². The highest BCUT2D eigenvalue weighted by atomic mass is 16.4. The molecule has 18 heavy (non-hydrogen) atoms.